The molecule has 1 aromatic heterocycles. The fraction of sp³-hybridized carbons (Fsp3) is 0.227. The van der Waals surface area contributed by atoms with Gasteiger partial charge in [0, 0.05) is 24.3 Å². The fourth-order valence-corrected chi connectivity index (χ4v) is 3.24. The molecule has 4 rings (SSSR count). The maximum atomic E-state index is 14.2. The molecule has 29 heavy (non-hydrogen) atoms. The number of nitrogens with zero attached hydrogens (tertiary/aromatic N) is 3. The van der Waals surface area contributed by atoms with Crippen molar-refractivity contribution in [3.63, 3.8) is 0 Å². The molecule has 1 amide bonds. The molecule has 1 aliphatic rings. The van der Waals surface area contributed by atoms with Gasteiger partial charge in [0.1, 0.15) is 17.3 Å². The quantitative estimate of drug-likeness (QED) is 0.663. The molecule has 148 valence electrons. The largest absolute Gasteiger partial charge is 0.330 e. The lowest BCUT2D eigenvalue weighted by molar-refractivity contribution is 0.0720. The first-order chi connectivity index (χ1) is 13.9. The van der Waals surface area contributed by atoms with Gasteiger partial charge < -0.3 is 4.90 Å². The normalized spacial score (nSPS) is 13.3. The molecule has 5 nitrogen and oxygen atoms in total. The zero-order valence-electron chi connectivity index (χ0n) is 15.8. The van der Waals surface area contributed by atoms with Gasteiger partial charge in [0.2, 0.25) is 5.43 Å². The van der Waals surface area contributed by atoms with E-state index >= 15 is 0 Å². The third kappa shape index (κ3) is 3.94. The zero-order valence-corrected chi connectivity index (χ0v) is 15.8. The maximum Gasteiger partial charge on any atom is 0.278 e. The average Bonchev–Trinajstić information content (AvgIpc) is 3.53. The van der Waals surface area contributed by atoms with Crippen molar-refractivity contribution in [2.45, 2.75) is 32.4 Å². The highest BCUT2D eigenvalue weighted by Crippen LogP contribution is 2.29. The van der Waals surface area contributed by atoms with E-state index < -0.39 is 17.2 Å². The van der Waals surface area contributed by atoms with Crippen molar-refractivity contribution in [2.75, 3.05) is 0 Å². The molecule has 2 aromatic carbocycles. The lowest BCUT2D eigenvalue weighted by atomic mass is 10.2. The Morgan fingerprint density at radius 2 is 1.83 bits per heavy atom. The van der Waals surface area contributed by atoms with Crippen LogP contribution in [0.4, 0.5) is 8.78 Å². The Morgan fingerprint density at radius 3 is 2.48 bits per heavy atom. The van der Waals surface area contributed by atoms with Gasteiger partial charge in [0.25, 0.3) is 5.91 Å². The first-order valence-electron chi connectivity index (χ1n) is 9.35. The smallest absolute Gasteiger partial charge is 0.278 e. The predicted octanol–water partition coefficient (Wildman–Crippen LogP) is 3.62. The van der Waals surface area contributed by atoms with Gasteiger partial charge in [-0.25, -0.2) is 13.5 Å². The molecule has 7 heteroatoms. The Labute approximate surface area is 166 Å². The number of rotatable bonds is 5. The van der Waals surface area contributed by atoms with Crippen LogP contribution in [-0.2, 0) is 6.54 Å². The van der Waals surface area contributed by atoms with Crippen LogP contribution in [0.25, 0.3) is 5.69 Å². The van der Waals surface area contributed by atoms with Crippen LogP contribution in [0, 0.1) is 18.6 Å². The summed E-state index contributed by atoms with van der Waals surface area (Å²) in [6, 6.07) is 13.2. The summed E-state index contributed by atoms with van der Waals surface area (Å²) >= 11 is 0. The molecule has 0 aliphatic heterocycles. The van der Waals surface area contributed by atoms with E-state index in [2.05, 4.69) is 5.10 Å². The molecule has 1 saturated carbocycles. The van der Waals surface area contributed by atoms with Crippen LogP contribution in [0.15, 0.2) is 59.4 Å². The number of aromatic nitrogens is 2. The van der Waals surface area contributed by atoms with E-state index in [9.17, 15) is 18.4 Å². The number of carbonyl (C=O) groups excluding carboxylic acids is 1. The lowest BCUT2D eigenvalue weighted by Gasteiger charge is -2.22. The highest BCUT2D eigenvalue weighted by Gasteiger charge is 2.35. The maximum absolute atomic E-state index is 14.2. The number of hydrogen-bond donors (Lipinski definition) is 0. The summed E-state index contributed by atoms with van der Waals surface area (Å²) in [6.07, 6.45) is 1.67. The highest BCUT2D eigenvalue weighted by atomic mass is 19.1. The molecule has 0 spiro atoms. The van der Waals surface area contributed by atoms with Gasteiger partial charge in [0.15, 0.2) is 5.69 Å². The van der Waals surface area contributed by atoms with Crippen molar-refractivity contribution >= 4 is 5.91 Å². The Kier molecular flexibility index (Phi) is 4.96. The zero-order chi connectivity index (χ0) is 20.5. The molecule has 0 unspecified atom stereocenters. The standard InChI is InChI=1S/C22H19F2N3O2/c1-14-12-20(28)21(25-27(14)19-5-3-2-4-18(19)24)22(29)26(17-10-11-17)13-15-6-8-16(23)9-7-15/h2-9,12,17H,10-11,13H2,1H3. The number of hydrogen-bond acceptors (Lipinski definition) is 3. The van der Waals surface area contributed by atoms with Crippen molar-refractivity contribution < 1.29 is 13.6 Å². The van der Waals surface area contributed by atoms with Crippen molar-refractivity contribution in [1.82, 2.24) is 14.7 Å². The van der Waals surface area contributed by atoms with Gasteiger partial charge in [0.05, 0.1) is 0 Å². The van der Waals surface area contributed by atoms with Gasteiger partial charge in [-0.15, -0.1) is 0 Å². The molecule has 0 N–H and O–H groups in total. The first-order valence-corrected chi connectivity index (χ1v) is 9.35. The molecule has 0 radical (unpaired) electrons. The van der Waals surface area contributed by atoms with E-state index in [4.69, 9.17) is 0 Å². The van der Waals surface area contributed by atoms with E-state index in [1.807, 2.05) is 0 Å². The van der Waals surface area contributed by atoms with E-state index in [1.165, 1.54) is 35.0 Å². The minimum Gasteiger partial charge on any atom is -0.330 e. The number of amides is 1. The van der Waals surface area contributed by atoms with Crippen LogP contribution in [0.5, 0.6) is 0 Å². The number of aryl methyl sites for hydroxylation is 1. The molecule has 0 atom stereocenters. The van der Waals surface area contributed by atoms with Crippen LogP contribution in [0.3, 0.4) is 0 Å². The molecular formula is C22H19F2N3O2. The van der Waals surface area contributed by atoms with Crippen LogP contribution in [-0.4, -0.2) is 26.6 Å². The fourth-order valence-electron chi connectivity index (χ4n) is 3.24. The number of carbonyl (C=O) groups is 1. The van der Waals surface area contributed by atoms with Crippen LogP contribution < -0.4 is 5.43 Å². The summed E-state index contributed by atoms with van der Waals surface area (Å²) in [7, 11) is 0. The second kappa shape index (κ2) is 7.58. The Morgan fingerprint density at radius 1 is 1.14 bits per heavy atom. The molecule has 3 aromatic rings. The van der Waals surface area contributed by atoms with Gasteiger partial charge in [-0.05, 0) is 49.6 Å². The average molecular weight is 395 g/mol. The minimum atomic E-state index is -0.509. The molecule has 1 aliphatic carbocycles. The monoisotopic (exact) mass is 395 g/mol. The predicted molar refractivity (Wildman–Crippen MR) is 104 cm³/mol. The lowest BCUT2D eigenvalue weighted by Crippen LogP contribution is -2.37. The Bertz CT molecular complexity index is 1120. The molecular weight excluding hydrogens is 376 g/mol. The summed E-state index contributed by atoms with van der Waals surface area (Å²) < 4.78 is 28.7. The summed E-state index contributed by atoms with van der Waals surface area (Å²) in [5.74, 6) is -1.37. The molecule has 1 heterocycles. The first kappa shape index (κ1) is 19.0. The second-order valence-corrected chi connectivity index (χ2v) is 7.15. The van der Waals surface area contributed by atoms with Crippen LogP contribution >= 0.6 is 0 Å². The van der Waals surface area contributed by atoms with Crippen molar-refractivity contribution in [3.8, 4) is 5.69 Å². The van der Waals surface area contributed by atoms with Crippen molar-refractivity contribution in [3.05, 3.63) is 93.4 Å². The van der Waals surface area contributed by atoms with Crippen molar-refractivity contribution in [2.24, 2.45) is 0 Å². The number of para-hydroxylation sites is 1. The van der Waals surface area contributed by atoms with E-state index in [0.29, 0.717) is 5.69 Å². The van der Waals surface area contributed by atoms with Gasteiger partial charge >= 0.3 is 0 Å². The van der Waals surface area contributed by atoms with Gasteiger partial charge in [-0.3, -0.25) is 9.59 Å². The Hall–Kier alpha value is -3.35. The second-order valence-electron chi connectivity index (χ2n) is 7.15. The van der Waals surface area contributed by atoms with Crippen molar-refractivity contribution in [1.29, 1.82) is 0 Å². The number of halogens is 2. The highest BCUT2D eigenvalue weighted by molar-refractivity contribution is 5.92. The van der Waals surface area contributed by atoms with Gasteiger partial charge in [-0.2, -0.15) is 5.10 Å². The topological polar surface area (TPSA) is 55.2 Å². The van der Waals surface area contributed by atoms with E-state index in [1.54, 1.807) is 36.1 Å². The number of benzene rings is 2. The van der Waals surface area contributed by atoms with Crippen LogP contribution in [0.1, 0.15) is 34.6 Å². The molecule has 0 saturated heterocycles. The third-order valence-electron chi connectivity index (χ3n) is 4.91. The van der Waals surface area contributed by atoms with Crippen LogP contribution in [0.2, 0.25) is 0 Å². The third-order valence-corrected chi connectivity index (χ3v) is 4.91. The molecule has 0 bridgehead atoms. The minimum absolute atomic E-state index is 0.0111. The summed E-state index contributed by atoms with van der Waals surface area (Å²) in [6.45, 7) is 1.88. The molecule has 1 fully saturated rings. The van der Waals surface area contributed by atoms with E-state index in [-0.39, 0.29) is 29.8 Å². The summed E-state index contributed by atoms with van der Waals surface area (Å²) in [5.41, 5.74) is 0.578. The SMILES string of the molecule is Cc1cc(=O)c(C(=O)N(Cc2ccc(F)cc2)C2CC2)nn1-c1ccccc1F. The Balaban J connectivity index is 1.71. The van der Waals surface area contributed by atoms with Gasteiger partial charge in [-0.1, -0.05) is 24.3 Å². The summed E-state index contributed by atoms with van der Waals surface area (Å²) in [4.78, 5) is 27.3. The summed E-state index contributed by atoms with van der Waals surface area (Å²) in [5, 5.41) is 4.20. The van der Waals surface area contributed by atoms with E-state index in [0.717, 1.165) is 18.4 Å².